The van der Waals surface area contributed by atoms with E-state index in [-0.39, 0.29) is 18.3 Å². The average Bonchev–Trinajstić information content (AvgIpc) is 1.79. The molecule has 0 saturated heterocycles. The van der Waals surface area contributed by atoms with Gasteiger partial charge in [-0.05, 0) is 12.8 Å². The van der Waals surface area contributed by atoms with Crippen LogP contribution in [0.5, 0.6) is 0 Å². The Kier molecular flexibility index (Phi) is 2.24. The van der Waals surface area contributed by atoms with E-state index in [9.17, 15) is 9.59 Å². The van der Waals surface area contributed by atoms with Crippen molar-refractivity contribution in [2.45, 2.75) is 25.4 Å². The van der Waals surface area contributed by atoms with Crippen LogP contribution in [0.3, 0.4) is 0 Å². The van der Waals surface area contributed by atoms with Crippen molar-refractivity contribution in [1.29, 1.82) is 0 Å². The summed E-state index contributed by atoms with van der Waals surface area (Å²) < 4.78 is 0. The van der Waals surface area contributed by atoms with E-state index in [1.807, 2.05) is 0 Å². The van der Waals surface area contributed by atoms with Crippen LogP contribution in [-0.2, 0) is 9.59 Å². The van der Waals surface area contributed by atoms with E-state index in [1.54, 1.807) is 0 Å². The van der Waals surface area contributed by atoms with Crippen molar-refractivity contribution in [3.05, 3.63) is 5.92 Å². The summed E-state index contributed by atoms with van der Waals surface area (Å²) in [6.07, 6.45) is 0.210. The summed E-state index contributed by atoms with van der Waals surface area (Å²) in [5.41, 5.74) is 4.81. The molecule has 0 atom stereocenters. The second kappa shape index (κ2) is 3.00. The van der Waals surface area contributed by atoms with Crippen molar-refractivity contribution in [3.63, 3.8) is 0 Å². The molecule has 3 N–H and O–H groups in total. The molecule has 0 heterocycles. The van der Waals surface area contributed by atoms with Crippen molar-refractivity contribution in [2.24, 2.45) is 5.73 Å². The minimum Gasteiger partial charge on any atom is -0.393 e. The molecule has 1 aliphatic carbocycles. The monoisotopic (exact) mass is 156 g/mol. The number of aliphatic hydroxyl groups excluding tert-OH is 1. The summed E-state index contributed by atoms with van der Waals surface area (Å²) in [6, 6.07) is 0. The van der Waals surface area contributed by atoms with E-state index in [2.05, 4.69) is 0 Å². The van der Waals surface area contributed by atoms with Crippen LogP contribution in [0.1, 0.15) is 19.3 Å². The van der Waals surface area contributed by atoms with Gasteiger partial charge in [-0.1, -0.05) is 0 Å². The molecule has 0 aromatic heterocycles. The zero-order chi connectivity index (χ0) is 8.43. The maximum Gasteiger partial charge on any atom is 0.224 e. The molecule has 0 aromatic carbocycles. The van der Waals surface area contributed by atoms with Crippen LogP contribution in [0.15, 0.2) is 0 Å². The molecular formula is C7H10NO3. The number of rotatable bonds is 3. The molecular weight excluding hydrogens is 146 g/mol. The lowest BCUT2D eigenvalue weighted by atomic mass is 9.78. The Hall–Kier alpha value is -0.900. The van der Waals surface area contributed by atoms with Crippen LogP contribution < -0.4 is 5.73 Å². The van der Waals surface area contributed by atoms with E-state index in [0.29, 0.717) is 18.8 Å². The molecule has 1 aliphatic rings. The number of primary amides is 1. The number of amides is 1. The van der Waals surface area contributed by atoms with Crippen LogP contribution >= 0.6 is 0 Å². The number of ketones is 1. The standard InChI is InChI=1S/C7H10NO3/c8-7(11)3-6(10)4-1-5(9)2-4/h5,9H,1-3H2,(H2,8,11). The Morgan fingerprint density at radius 1 is 1.55 bits per heavy atom. The first-order valence-corrected chi connectivity index (χ1v) is 3.44. The summed E-state index contributed by atoms with van der Waals surface area (Å²) >= 11 is 0. The lowest BCUT2D eigenvalue weighted by Crippen LogP contribution is -2.34. The molecule has 1 rings (SSSR count). The third kappa shape index (κ3) is 2.01. The maximum absolute atomic E-state index is 10.9. The molecule has 61 valence electrons. The zero-order valence-corrected chi connectivity index (χ0v) is 6.04. The maximum atomic E-state index is 10.9. The van der Waals surface area contributed by atoms with Gasteiger partial charge in [0.2, 0.25) is 5.91 Å². The number of Topliss-reactive ketones (excluding diaryl/α,β-unsaturated/α-hetero) is 1. The molecule has 4 nitrogen and oxygen atoms in total. The summed E-state index contributed by atoms with van der Waals surface area (Å²) in [5.74, 6) is -0.192. The fraction of sp³-hybridized carbons (Fsp3) is 0.571. The highest BCUT2D eigenvalue weighted by Gasteiger charge is 2.33. The molecule has 1 fully saturated rings. The fourth-order valence-electron chi connectivity index (χ4n) is 1.02. The highest BCUT2D eigenvalue weighted by atomic mass is 16.3. The van der Waals surface area contributed by atoms with Crippen LogP contribution in [0.4, 0.5) is 0 Å². The average molecular weight is 156 g/mol. The highest BCUT2D eigenvalue weighted by molar-refractivity contribution is 6.05. The molecule has 1 saturated carbocycles. The molecule has 0 unspecified atom stereocenters. The summed E-state index contributed by atoms with van der Waals surface area (Å²) in [6.45, 7) is 0. The smallest absolute Gasteiger partial charge is 0.224 e. The van der Waals surface area contributed by atoms with E-state index in [1.165, 1.54) is 0 Å². The first-order chi connectivity index (χ1) is 5.09. The predicted molar refractivity (Wildman–Crippen MR) is 37.3 cm³/mol. The van der Waals surface area contributed by atoms with Gasteiger partial charge in [-0.25, -0.2) is 0 Å². The normalized spacial score (nSPS) is 19.4. The van der Waals surface area contributed by atoms with Crippen LogP contribution in [0.2, 0.25) is 0 Å². The van der Waals surface area contributed by atoms with E-state index < -0.39 is 5.91 Å². The van der Waals surface area contributed by atoms with E-state index in [0.717, 1.165) is 0 Å². The molecule has 0 aliphatic heterocycles. The number of aliphatic hydroxyl groups is 1. The Bertz CT molecular complexity index is 184. The van der Waals surface area contributed by atoms with Gasteiger partial charge in [-0.3, -0.25) is 9.59 Å². The second-order valence-corrected chi connectivity index (χ2v) is 2.73. The molecule has 4 heteroatoms. The van der Waals surface area contributed by atoms with E-state index in [4.69, 9.17) is 10.8 Å². The van der Waals surface area contributed by atoms with Crippen molar-refractivity contribution in [1.82, 2.24) is 0 Å². The lowest BCUT2D eigenvalue weighted by Gasteiger charge is -2.28. The quantitative estimate of drug-likeness (QED) is 0.523. The zero-order valence-electron chi connectivity index (χ0n) is 6.04. The van der Waals surface area contributed by atoms with Gasteiger partial charge in [0.15, 0.2) is 0 Å². The summed E-state index contributed by atoms with van der Waals surface area (Å²) in [5, 5.41) is 8.81. The summed E-state index contributed by atoms with van der Waals surface area (Å²) in [4.78, 5) is 21.2. The van der Waals surface area contributed by atoms with Gasteiger partial charge in [0, 0.05) is 5.92 Å². The number of nitrogens with two attached hydrogens (primary N) is 1. The third-order valence-electron chi connectivity index (χ3n) is 1.69. The Morgan fingerprint density at radius 3 is 2.45 bits per heavy atom. The molecule has 0 spiro atoms. The first kappa shape index (κ1) is 8.20. The Balaban J connectivity index is 2.27. The lowest BCUT2D eigenvalue weighted by molar-refractivity contribution is -0.127. The van der Waals surface area contributed by atoms with Crippen molar-refractivity contribution in [3.8, 4) is 0 Å². The minimum atomic E-state index is -0.608. The van der Waals surface area contributed by atoms with Gasteiger partial charge in [-0.2, -0.15) is 0 Å². The molecule has 1 radical (unpaired) electrons. The third-order valence-corrected chi connectivity index (χ3v) is 1.69. The Morgan fingerprint density at radius 2 is 2.09 bits per heavy atom. The van der Waals surface area contributed by atoms with Gasteiger partial charge < -0.3 is 10.8 Å². The largest absolute Gasteiger partial charge is 0.393 e. The minimum absolute atomic E-state index is 0.220. The highest BCUT2D eigenvalue weighted by Crippen LogP contribution is 2.30. The molecule has 11 heavy (non-hydrogen) atoms. The van der Waals surface area contributed by atoms with Crippen LogP contribution in [-0.4, -0.2) is 22.9 Å². The van der Waals surface area contributed by atoms with Gasteiger partial charge in [0.05, 0.1) is 12.5 Å². The van der Waals surface area contributed by atoms with Crippen LogP contribution in [0.25, 0.3) is 0 Å². The Labute approximate surface area is 64.4 Å². The van der Waals surface area contributed by atoms with Crippen molar-refractivity contribution in [2.75, 3.05) is 0 Å². The fourth-order valence-corrected chi connectivity index (χ4v) is 1.02. The van der Waals surface area contributed by atoms with Gasteiger partial charge >= 0.3 is 0 Å². The first-order valence-electron chi connectivity index (χ1n) is 3.44. The summed E-state index contributed by atoms with van der Waals surface area (Å²) in [7, 11) is 0. The molecule has 1 amide bonds. The SMILES string of the molecule is NC(=O)CC(=O)[C]1CC(O)C1. The number of hydrogen-bond donors (Lipinski definition) is 2. The number of carbonyl (C=O) groups excluding carboxylic acids is 2. The predicted octanol–water partition coefficient (Wildman–Crippen LogP) is -0.840. The van der Waals surface area contributed by atoms with Crippen LogP contribution in [0, 0.1) is 5.92 Å². The van der Waals surface area contributed by atoms with E-state index >= 15 is 0 Å². The van der Waals surface area contributed by atoms with Gasteiger partial charge in [0.1, 0.15) is 5.78 Å². The number of hydrogen-bond acceptors (Lipinski definition) is 3. The van der Waals surface area contributed by atoms with Crippen molar-refractivity contribution < 1.29 is 14.7 Å². The number of carbonyl (C=O) groups is 2. The second-order valence-electron chi connectivity index (χ2n) is 2.73. The van der Waals surface area contributed by atoms with Gasteiger partial charge in [0.25, 0.3) is 0 Å². The van der Waals surface area contributed by atoms with Crippen molar-refractivity contribution >= 4 is 11.7 Å². The topological polar surface area (TPSA) is 80.4 Å². The van der Waals surface area contributed by atoms with Gasteiger partial charge in [-0.15, -0.1) is 0 Å². The molecule has 0 bridgehead atoms. The molecule has 0 aromatic rings.